The minimum atomic E-state index is -1.14. The van der Waals surface area contributed by atoms with Crippen LogP contribution in [0.15, 0.2) is 24.3 Å². The maximum Gasteiger partial charge on any atom is 0.338 e. The van der Waals surface area contributed by atoms with Crippen LogP contribution in [0.5, 0.6) is 0 Å². The number of hydrogen-bond acceptors (Lipinski definition) is 14. The summed E-state index contributed by atoms with van der Waals surface area (Å²) in [7, 11) is 0. The lowest BCUT2D eigenvalue weighted by molar-refractivity contribution is -0.384. The zero-order valence-corrected chi connectivity index (χ0v) is 27.1. The smallest absolute Gasteiger partial charge is 0.338 e. The van der Waals surface area contributed by atoms with Crippen LogP contribution < -0.4 is 22.3 Å². The number of nitro groups is 1. The molecule has 0 aromatic heterocycles. The van der Waals surface area contributed by atoms with Crippen LogP contribution in [-0.2, 0) is 35.2 Å². The average Bonchev–Trinajstić information content (AvgIpc) is 3.05. The summed E-state index contributed by atoms with van der Waals surface area (Å²) in [6, 6.07) is 5.77. The number of nitrogens with zero attached hydrogens (tertiary/aromatic N) is 6. The van der Waals surface area contributed by atoms with Crippen molar-refractivity contribution in [2.24, 2.45) is 11.6 Å². The minimum absolute atomic E-state index is 0.0182. The monoisotopic (exact) mass is 680 g/mol. The lowest BCUT2D eigenvalue weighted by Gasteiger charge is -2.37. The summed E-state index contributed by atoms with van der Waals surface area (Å²) in [5.41, 5.74) is 6.40. The van der Waals surface area contributed by atoms with E-state index in [0.29, 0.717) is 97.7 Å². The summed E-state index contributed by atoms with van der Waals surface area (Å²) in [6.07, 6.45) is 2.84. The quantitative estimate of drug-likeness (QED) is 0.0530. The third kappa shape index (κ3) is 16.0. The molecular formula is C29H48N10O9. The molecule has 2 rings (SSSR count). The Labute approximate surface area is 279 Å². The summed E-state index contributed by atoms with van der Waals surface area (Å²) < 4.78 is 0. The van der Waals surface area contributed by atoms with Crippen LogP contribution in [0.3, 0.4) is 0 Å². The van der Waals surface area contributed by atoms with Crippen molar-refractivity contribution in [3.63, 3.8) is 0 Å². The fourth-order valence-corrected chi connectivity index (χ4v) is 5.49. The lowest BCUT2D eigenvalue weighted by atomic mass is 10.0. The highest BCUT2D eigenvalue weighted by molar-refractivity contribution is 5.76. The molecule has 0 saturated carbocycles. The number of non-ortho nitro benzene ring substituents is 1. The number of carboxylic acid groups (broad SMARTS) is 1. The van der Waals surface area contributed by atoms with Gasteiger partial charge in [-0.2, -0.15) is 5.90 Å². The highest BCUT2D eigenvalue weighted by Gasteiger charge is 2.27. The standard InChI is InChI=1S/C29H48N10O9/c30-27(42)17-35-9-8-34(10-12-36(20-32-22-40)14-15-37(13-11-35)21-33-23-41)16-26(38(18-28(43)44)19-29(45)48-31)3-1-2-24-4-6-25(7-5-24)39(46)47/h4-7,22-23,26H,1-3,8-21,31H2,(H2,30,42)(H,32,40)(H,33,41)(H,43,44). The van der Waals surface area contributed by atoms with Gasteiger partial charge in [-0.15, -0.1) is 0 Å². The summed E-state index contributed by atoms with van der Waals surface area (Å²) in [4.78, 5) is 82.7. The second kappa shape index (κ2) is 22.3. The Morgan fingerprint density at radius 2 is 1.44 bits per heavy atom. The maximum absolute atomic E-state index is 12.2. The van der Waals surface area contributed by atoms with E-state index in [4.69, 9.17) is 11.6 Å². The van der Waals surface area contributed by atoms with Crippen molar-refractivity contribution < 1.29 is 38.8 Å². The van der Waals surface area contributed by atoms with Gasteiger partial charge in [-0.3, -0.25) is 53.8 Å². The number of nitro benzene ring substituents is 1. The number of rotatable bonds is 20. The summed E-state index contributed by atoms with van der Waals surface area (Å²) in [5, 5.41) is 26.1. The fraction of sp³-hybridized carbons (Fsp3) is 0.621. The van der Waals surface area contributed by atoms with E-state index < -0.39 is 35.4 Å². The Morgan fingerprint density at radius 1 is 0.917 bits per heavy atom. The molecular weight excluding hydrogens is 632 g/mol. The molecule has 268 valence electrons. The normalized spacial score (nSPS) is 16.6. The molecule has 1 aromatic rings. The van der Waals surface area contributed by atoms with Gasteiger partial charge in [-0.1, -0.05) is 12.1 Å². The van der Waals surface area contributed by atoms with Crippen molar-refractivity contribution in [2.45, 2.75) is 25.3 Å². The molecule has 0 radical (unpaired) electrons. The molecule has 0 bridgehead atoms. The molecule has 19 nitrogen and oxygen atoms in total. The van der Waals surface area contributed by atoms with Gasteiger partial charge in [-0.05, 0) is 24.8 Å². The van der Waals surface area contributed by atoms with Crippen molar-refractivity contribution in [3.8, 4) is 0 Å². The molecule has 7 N–H and O–H groups in total. The Kier molecular flexibility index (Phi) is 18.6. The van der Waals surface area contributed by atoms with E-state index in [1.165, 1.54) is 17.0 Å². The van der Waals surface area contributed by atoms with E-state index in [1.54, 1.807) is 12.1 Å². The zero-order chi connectivity index (χ0) is 35.3. The number of hydrogen-bond donors (Lipinski definition) is 5. The summed E-state index contributed by atoms with van der Waals surface area (Å²) in [5.74, 6) is 2.68. The third-order valence-corrected chi connectivity index (χ3v) is 8.04. The Balaban J connectivity index is 2.32. The first-order valence-corrected chi connectivity index (χ1v) is 15.6. The number of aryl methyl sites for hydroxylation is 1. The lowest BCUT2D eigenvalue weighted by Crippen LogP contribution is -2.53. The average molecular weight is 681 g/mol. The maximum atomic E-state index is 12.2. The van der Waals surface area contributed by atoms with Gasteiger partial charge < -0.3 is 26.3 Å². The first-order chi connectivity index (χ1) is 23.0. The van der Waals surface area contributed by atoms with Gasteiger partial charge in [-0.25, -0.2) is 4.79 Å². The van der Waals surface area contributed by atoms with Gasteiger partial charge in [0.05, 0.1) is 37.9 Å². The molecule has 3 amide bonds. The molecule has 0 aliphatic carbocycles. The topological polar surface area (TPSA) is 250 Å². The Bertz CT molecular complexity index is 1180. The third-order valence-electron chi connectivity index (χ3n) is 8.04. The van der Waals surface area contributed by atoms with Crippen LogP contribution in [0.2, 0.25) is 0 Å². The molecule has 1 heterocycles. The number of carbonyl (C=O) groups is 5. The second-order valence-corrected chi connectivity index (χ2v) is 11.5. The van der Waals surface area contributed by atoms with Crippen LogP contribution in [0.25, 0.3) is 0 Å². The van der Waals surface area contributed by atoms with Crippen molar-refractivity contribution in [3.05, 3.63) is 39.9 Å². The molecule has 19 heteroatoms. The van der Waals surface area contributed by atoms with Crippen LogP contribution in [0, 0.1) is 10.1 Å². The predicted molar refractivity (Wildman–Crippen MR) is 173 cm³/mol. The van der Waals surface area contributed by atoms with Crippen LogP contribution in [0.4, 0.5) is 5.69 Å². The largest absolute Gasteiger partial charge is 0.480 e. The predicted octanol–water partition coefficient (Wildman–Crippen LogP) is -2.80. The molecule has 1 saturated heterocycles. The number of nitrogens with two attached hydrogens (primary N) is 2. The number of nitrogens with one attached hydrogen (secondary N) is 2. The van der Waals surface area contributed by atoms with E-state index in [-0.39, 0.29) is 25.4 Å². The summed E-state index contributed by atoms with van der Waals surface area (Å²) in [6.45, 7) is 4.21. The molecule has 1 unspecified atom stereocenters. The van der Waals surface area contributed by atoms with Gasteiger partial charge in [0.25, 0.3) is 5.69 Å². The highest BCUT2D eigenvalue weighted by Crippen LogP contribution is 2.17. The first-order valence-electron chi connectivity index (χ1n) is 15.6. The van der Waals surface area contributed by atoms with E-state index in [0.717, 1.165) is 5.56 Å². The van der Waals surface area contributed by atoms with Gasteiger partial charge in [0.2, 0.25) is 18.7 Å². The van der Waals surface area contributed by atoms with E-state index >= 15 is 0 Å². The van der Waals surface area contributed by atoms with Gasteiger partial charge in [0, 0.05) is 77.1 Å². The van der Waals surface area contributed by atoms with Crippen molar-refractivity contribution in [2.75, 3.05) is 91.9 Å². The molecule has 1 aliphatic heterocycles. The number of aliphatic carboxylic acids is 1. The number of carboxylic acids is 1. The molecule has 1 atom stereocenters. The molecule has 48 heavy (non-hydrogen) atoms. The van der Waals surface area contributed by atoms with Crippen molar-refractivity contribution in [1.82, 2.24) is 35.1 Å². The molecule has 1 aromatic carbocycles. The SMILES string of the molecule is NOC(=O)CN(CC(=O)O)C(CCCc1ccc([N+](=O)[O-])cc1)CN1CCN(CNC=O)CCN(CNC=O)CCN(CC(N)=O)CC1. The Hall–Kier alpha value is -4.27. The van der Waals surface area contributed by atoms with Crippen LogP contribution in [0.1, 0.15) is 18.4 Å². The van der Waals surface area contributed by atoms with Gasteiger partial charge >= 0.3 is 11.9 Å². The fourth-order valence-electron chi connectivity index (χ4n) is 5.49. The van der Waals surface area contributed by atoms with Crippen molar-refractivity contribution in [1.29, 1.82) is 0 Å². The molecule has 1 aliphatic rings. The minimum Gasteiger partial charge on any atom is -0.480 e. The highest BCUT2D eigenvalue weighted by atomic mass is 16.7. The number of carbonyl (C=O) groups excluding carboxylic acids is 4. The number of benzene rings is 1. The van der Waals surface area contributed by atoms with Crippen LogP contribution in [-0.4, -0.2) is 163 Å². The Morgan fingerprint density at radius 3 is 1.90 bits per heavy atom. The summed E-state index contributed by atoms with van der Waals surface area (Å²) >= 11 is 0. The molecule has 1 fully saturated rings. The van der Waals surface area contributed by atoms with Gasteiger partial charge in [0.15, 0.2) is 0 Å². The first kappa shape index (κ1) is 39.9. The van der Waals surface area contributed by atoms with E-state index in [1.807, 2.05) is 14.7 Å². The van der Waals surface area contributed by atoms with Crippen LogP contribution >= 0.6 is 0 Å². The number of primary amides is 1. The molecule has 0 spiro atoms. The van der Waals surface area contributed by atoms with Crippen molar-refractivity contribution >= 4 is 36.4 Å². The number of amides is 3. The van der Waals surface area contributed by atoms with E-state index in [9.17, 15) is 39.2 Å². The zero-order valence-electron chi connectivity index (χ0n) is 27.1. The van der Waals surface area contributed by atoms with E-state index in [2.05, 4.69) is 20.4 Å². The van der Waals surface area contributed by atoms with Gasteiger partial charge in [0.1, 0.15) is 0 Å². The second-order valence-electron chi connectivity index (χ2n) is 11.5.